The number of nitrogens with two attached hydrogens (primary N) is 2. The maximum atomic E-state index is 10.9. The summed E-state index contributed by atoms with van der Waals surface area (Å²) in [6, 6.07) is 0. The van der Waals surface area contributed by atoms with E-state index in [-0.39, 0.29) is 11.0 Å². The van der Waals surface area contributed by atoms with Gasteiger partial charge in [-0.1, -0.05) is 0 Å². The van der Waals surface area contributed by atoms with Gasteiger partial charge in [-0.2, -0.15) is 10.2 Å². The summed E-state index contributed by atoms with van der Waals surface area (Å²) in [6.07, 6.45) is 0. The Bertz CT molecular complexity index is 258. The molecule has 0 aliphatic carbocycles. The van der Waals surface area contributed by atoms with E-state index in [0.29, 0.717) is 0 Å². The Balaban J connectivity index is -0.000000845. The van der Waals surface area contributed by atoms with Gasteiger partial charge in [0.1, 0.15) is 0 Å². The lowest BCUT2D eigenvalue weighted by Gasteiger charge is -2.17. The largest absolute Gasteiger partial charge is 0.412 e. The third-order valence-corrected chi connectivity index (χ3v) is 1.76. The molecule has 0 aromatic rings. The minimum atomic E-state index is -1.12. The number of nitrogens with zero attached hydrogens (tertiary/aromatic N) is 2. The van der Waals surface area contributed by atoms with Crippen LogP contribution in [0.5, 0.6) is 0 Å². The second kappa shape index (κ2) is 6.13. The van der Waals surface area contributed by atoms with Crippen LogP contribution in [-0.2, 0) is 9.59 Å². The van der Waals surface area contributed by atoms with Gasteiger partial charge in [-0.3, -0.25) is 9.59 Å². The molecule has 0 saturated heterocycles. The maximum absolute atomic E-state index is 10.9. The van der Waals surface area contributed by atoms with Crippen LogP contribution in [0.4, 0.5) is 0 Å². The quantitative estimate of drug-likeness (QED) is 0.555. The summed E-state index contributed by atoms with van der Waals surface area (Å²) in [6.45, 7) is 6.04. The fourth-order valence-electron chi connectivity index (χ4n) is 0.349. The van der Waals surface area contributed by atoms with Gasteiger partial charge in [0.05, 0.1) is 0 Å². The average molecular weight is 236 g/mol. The number of carbonyl (C=O) groups excluding carboxylic acids is 2. The molecule has 2 amide bonds. The van der Waals surface area contributed by atoms with Crippen LogP contribution in [0.3, 0.4) is 0 Å². The Morgan fingerprint density at radius 2 is 1.00 bits per heavy atom. The van der Waals surface area contributed by atoms with Crippen molar-refractivity contribution in [1.82, 2.24) is 0 Å². The summed E-state index contributed by atoms with van der Waals surface area (Å²) in [4.78, 5) is 21.7. The number of azo groups is 1. The normalized spacial score (nSPS) is 11.5. The Morgan fingerprint density at radius 3 is 1.12 bits per heavy atom. The van der Waals surface area contributed by atoms with E-state index in [2.05, 4.69) is 10.2 Å². The average Bonchev–Trinajstić information content (AvgIpc) is 2.01. The Labute approximate surface area is 93.7 Å². The van der Waals surface area contributed by atoms with Crippen molar-refractivity contribution < 1.29 is 20.5 Å². The molecule has 0 fully saturated rings. The predicted octanol–water partition coefficient (Wildman–Crippen LogP) is -1.68. The van der Waals surface area contributed by atoms with Crippen LogP contribution in [-0.4, -0.2) is 33.8 Å². The number of primary amides is 2. The van der Waals surface area contributed by atoms with Crippen LogP contribution in [0.15, 0.2) is 10.2 Å². The second-order valence-corrected chi connectivity index (χ2v) is 4.05. The molecule has 0 bridgehead atoms. The zero-order chi connectivity index (χ0) is 11.6. The standard InChI is InChI=1S/C8H16N4O2.2H2O/c1-7(2,5(9)13)11-12-8(3,4)6(10)14;;/h1-4H3,(H2,9,13)(H2,10,14);2*1H2. The summed E-state index contributed by atoms with van der Waals surface area (Å²) >= 11 is 0. The van der Waals surface area contributed by atoms with Crippen LogP contribution < -0.4 is 11.5 Å². The van der Waals surface area contributed by atoms with Crippen LogP contribution in [0, 0.1) is 0 Å². The fourth-order valence-corrected chi connectivity index (χ4v) is 0.349. The van der Waals surface area contributed by atoms with Gasteiger partial charge in [-0.15, -0.1) is 0 Å². The van der Waals surface area contributed by atoms with Gasteiger partial charge in [0.2, 0.25) is 11.8 Å². The molecule has 8 nitrogen and oxygen atoms in total. The van der Waals surface area contributed by atoms with E-state index in [1.165, 1.54) is 27.7 Å². The molecule has 0 radical (unpaired) electrons. The zero-order valence-corrected chi connectivity index (χ0v) is 9.87. The first-order valence-corrected chi connectivity index (χ1v) is 4.13. The number of rotatable bonds is 4. The van der Waals surface area contributed by atoms with Crippen molar-refractivity contribution in [1.29, 1.82) is 0 Å². The lowest BCUT2D eigenvalue weighted by Crippen LogP contribution is -2.39. The van der Waals surface area contributed by atoms with E-state index >= 15 is 0 Å². The van der Waals surface area contributed by atoms with Crippen LogP contribution in [0.1, 0.15) is 27.7 Å². The molecule has 96 valence electrons. The number of hydrogen-bond acceptors (Lipinski definition) is 4. The SMILES string of the molecule is CC(C)(N=NC(C)(C)C(N)=O)C(N)=O.O.O. The van der Waals surface area contributed by atoms with Crippen molar-refractivity contribution in [3.63, 3.8) is 0 Å². The minimum absolute atomic E-state index is 0. The Morgan fingerprint density at radius 1 is 0.812 bits per heavy atom. The second-order valence-electron chi connectivity index (χ2n) is 4.05. The van der Waals surface area contributed by atoms with Crippen molar-refractivity contribution in [3.05, 3.63) is 0 Å². The van der Waals surface area contributed by atoms with E-state index in [4.69, 9.17) is 11.5 Å². The minimum Gasteiger partial charge on any atom is -0.412 e. The van der Waals surface area contributed by atoms with E-state index in [9.17, 15) is 9.59 Å². The highest BCUT2D eigenvalue weighted by atomic mass is 16.2. The number of carbonyl (C=O) groups is 2. The first-order valence-electron chi connectivity index (χ1n) is 4.13. The molecular formula is C8H20N4O4. The molecule has 16 heavy (non-hydrogen) atoms. The molecule has 8 N–H and O–H groups in total. The smallest absolute Gasteiger partial charge is 0.246 e. The molecule has 8 heteroatoms. The van der Waals surface area contributed by atoms with Crippen molar-refractivity contribution in [2.45, 2.75) is 38.8 Å². The summed E-state index contributed by atoms with van der Waals surface area (Å²) < 4.78 is 0. The molecule has 0 atom stereocenters. The third-order valence-electron chi connectivity index (χ3n) is 1.76. The molecule has 0 saturated carbocycles. The van der Waals surface area contributed by atoms with Crippen molar-refractivity contribution >= 4 is 11.8 Å². The molecule has 0 aliphatic rings. The number of amides is 2. The monoisotopic (exact) mass is 236 g/mol. The van der Waals surface area contributed by atoms with Crippen LogP contribution >= 0.6 is 0 Å². The fraction of sp³-hybridized carbons (Fsp3) is 0.750. The number of hydrogen-bond donors (Lipinski definition) is 2. The molecular weight excluding hydrogens is 216 g/mol. The predicted molar refractivity (Wildman–Crippen MR) is 58.6 cm³/mol. The summed E-state index contributed by atoms with van der Waals surface area (Å²) in [5.41, 5.74) is 7.90. The van der Waals surface area contributed by atoms with Gasteiger partial charge in [-0.25, -0.2) is 0 Å². The molecule has 0 unspecified atom stereocenters. The van der Waals surface area contributed by atoms with Gasteiger partial charge < -0.3 is 22.4 Å². The van der Waals surface area contributed by atoms with Crippen molar-refractivity contribution in [2.24, 2.45) is 21.7 Å². The molecule has 0 aromatic heterocycles. The highest BCUT2D eigenvalue weighted by Gasteiger charge is 2.29. The Hall–Kier alpha value is -1.54. The molecule has 0 rings (SSSR count). The van der Waals surface area contributed by atoms with E-state index < -0.39 is 22.9 Å². The van der Waals surface area contributed by atoms with Crippen LogP contribution in [0.2, 0.25) is 0 Å². The van der Waals surface area contributed by atoms with Crippen molar-refractivity contribution in [3.8, 4) is 0 Å². The van der Waals surface area contributed by atoms with E-state index in [0.717, 1.165) is 0 Å². The maximum Gasteiger partial charge on any atom is 0.246 e. The van der Waals surface area contributed by atoms with Gasteiger partial charge >= 0.3 is 0 Å². The molecule has 0 spiro atoms. The van der Waals surface area contributed by atoms with E-state index in [1.54, 1.807) is 0 Å². The van der Waals surface area contributed by atoms with Gasteiger partial charge in [0.25, 0.3) is 0 Å². The Kier molecular flexibility index (Phi) is 7.65. The van der Waals surface area contributed by atoms with Crippen molar-refractivity contribution in [2.75, 3.05) is 0 Å². The molecule has 0 aromatic carbocycles. The lowest BCUT2D eigenvalue weighted by atomic mass is 10.1. The van der Waals surface area contributed by atoms with E-state index in [1.807, 2.05) is 0 Å². The van der Waals surface area contributed by atoms with Gasteiger partial charge in [-0.05, 0) is 27.7 Å². The first-order chi connectivity index (χ1) is 6.09. The summed E-state index contributed by atoms with van der Waals surface area (Å²) in [5, 5.41) is 7.40. The van der Waals surface area contributed by atoms with Gasteiger partial charge in [0.15, 0.2) is 11.1 Å². The molecule has 0 heterocycles. The zero-order valence-electron chi connectivity index (χ0n) is 9.87. The lowest BCUT2D eigenvalue weighted by molar-refractivity contribution is -0.124. The first kappa shape index (κ1) is 19.9. The molecule has 0 aliphatic heterocycles. The van der Waals surface area contributed by atoms with Crippen LogP contribution in [0.25, 0.3) is 0 Å². The topological polar surface area (TPSA) is 174 Å². The highest BCUT2D eigenvalue weighted by Crippen LogP contribution is 2.14. The van der Waals surface area contributed by atoms with Gasteiger partial charge in [0, 0.05) is 0 Å². The highest BCUT2D eigenvalue weighted by molar-refractivity contribution is 5.84. The third kappa shape index (κ3) is 5.37. The summed E-state index contributed by atoms with van der Waals surface area (Å²) in [5.74, 6) is -1.22. The summed E-state index contributed by atoms with van der Waals surface area (Å²) in [7, 11) is 0.